The second-order valence-corrected chi connectivity index (χ2v) is 9.70. The van der Waals surface area contributed by atoms with E-state index in [4.69, 9.17) is 0 Å². The number of amides is 3. The van der Waals surface area contributed by atoms with Crippen molar-refractivity contribution in [1.29, 1.82) is 0 Å². The summed E-state index contributed by atoms with van der Waals surface area (Å²) in [5.41, 5.74) is 4.24. The molecule has 0 spiro atoms. The van der Waals surface area contributed by atoms with E-state index in [-0.39, 0.29) is 35.8 Å². The minimum Gasteiger partial charge on any atom is -0.337 e. The number of nitrogens with one attached hydrogen (secondary N) is 1. The molecule has 1 saturated heterocycles. The Bertz CT molecular complexity index is 1270. The van der Waals surface area contributed by atoms with Gasteiger partial charge in [0.15, 0.2) is 5.13 Å². The molecule has 1 N–H and O–H groups in total. The van der Waals surface area contributed by atoms with Gasteiger partial charge in [-0.3, -0.25) is 24.7 Å². The van der Waals surface area contributed by atoms with Crippen LogP contribution in [0.3, 0.4) is 0 Å². The van der Waals surface area contributed by atoms with Gasteiger partial charge in [0.25, 0.3) is 5.91 Å². The molecular formula is C24H24N6O3S. The van der Waals surface area contributed by atoms with Crippen molar-refractivity contribution in [2.45, 2.75) is 33.2 Å². The highest BCUT2D eigenvalue weighted by atomic mass is 32.1. The van der Waals surface area contributed by atoms with Crippen LogP contribution in [0.5, 0.6) is 0 Å². The van der Waals surface area contributed by atoms with Crippen molar-refractivity contribution < 1.29 is 14.4 Å². The maximum atomic E-state index is 13.3. The topological polar surface area (TPSA) is 108 Å². The summed E-state index contributed by atoms with van der Waals surface area (Å²) in [6, 6.07) is 5.94. The smallest absolute Gasteiger partial charge is 0.277 e. The highest BCUT2D eigenvalue weighted by Crippen LogP contribution is 2.32. The third-order valence-electron chi connectivity index (χ3n) is 6.34. The maximum absolute atomic E-state index is 13.3. The van der Waals surface area contributed by atoms with Crippen LogP contribution in [0.1, 0.15) is 38.6 Å². The van der Waals surface area contributed by atoms with Crippen LogP contribution < -0.4 is 10.2 Å². The summed E-state index contributed by atoms with van der Waals surface area (Å²) in [5.74, 6) is -0.766. The third kappa shape index (κ3) is 4.28. The summed E-state index contributed by atoms with van der Waals surface area (Å²) in [7, 11) is 0. The van der Waals surface area contributed by atoms with Gasteiger partial charge in [0.05, 0.1) is 24.4 Å². The van der Waals surface area contributed by atoms with E-state index >= 15 is 0 Å². The molecule has 10 heteroatoms. The van der Waals surface area contributed by atoms with E-state index in [9.17, 15) is 14.4 Å². The number of rotatable bonds is 4. The fourth-order valence-corrected chi connectivity index (χ4v) is 5.31. The Morgan fingerprint density at radius 2 is 2.03 bits per heavy atom. The van der Waals surface area contributed by atoms with Gasteiger partial charge < -0.3 is 9.80 Å². The standard InChI is InChI=1S/C24H24N6O3S/c1-14-3-4-17(9-15(14)2)30-12-16(10-21(30)31)23(33)29-8-5-18-20(13-29)34-24(27-18)28-22(32)19-11-25-6-7-26-19/h3-4,6-7,9,11,16H,5,8,10,12-13H2,1-2H3,(H,27,28,32). The van der Waals surface area contributed by atoms with Gasteiger partial charge in [0.1, 0.15) is 5.69 Å². The van der Waals surface area contributed by atoms with Crippen LogP contribution in [-0.4, -0.2) is 50.7 Å². The number of carbonyl (C=O) groups excluding carboxylic acids is 3. The molecule has 0 radical (unpaired) electrons. The lowest BCUT2D eigenvalue weighted by Crippen LogP contribution is -2.40. The zero-order chi connectivity index (χ0) is 23.8. The first kappa shape index (κ1) is 22.1. The lowest BCUT2D eigenvalue weighted by Gasteiger charge is -2.28. The van der Waals surface area contributed by atoms with Crippen LogP contribution in [0.15, 0.2) is 36.8 Å². The molecule has 1 atom stereocenters. The molecule has 3 amide bonds. The van der Waals surface area contributed by atoms with Crippen molar-refractivity contribution in [1.82, 2.24) is 19.9 Å². The van der Waals surface area contributed by atoms with Crippen molar-refractivity contribution in [3.8, 4) is 0 Å². The van der Waals surface area contributed by atoms with Crippen molar-refractivity contribution in [3.63, 3.8) is 0 Å². The molecule has 2 aliphatic rings. The predicted molar refractivity (Wildman–Crippen MR) is 128 cm³/mol. The monoisotopic (exact) mass is 476 g/mol. The van der Waals surface area contributed by atoms with Gasteiger partial charge in [-0.2, -0.15) is 0 Å². The summed E-state index contributed by atoms with van der Waals surface area (Å²) >= 11 is 1.36. The van der Waals surface area contributed by atoms with Gasteiger partial charge in [0.2, 0.25) is 11.8 Å². The number of hydrogen-bond acceptors (Lipinski definition) is 7. The normalized spacial score (nSPS) is 17.6. The average molecular weight is 477 g/mol. The number of aryl methyl sites for hydroxylation is 2. The molecular weight excluding hydrogens is 452 g/mol. The molecule has 0 saturated carbocycles. The lowest BCUT2D eigenvalue weighted by molar-refractivity contribution is -0.136. The SMILES string of the molecule is Cc1ccc(N2CC(C(=O)N3CCc4nc(NC(=O)c5cnccn5)sc4C3)CC2=O)cc1C. The highest BCUT2D eigenvalue weighted by molar-refractivity contribution is 7.15. The Balaban J connectivity index is 1.24. The minimum absolute atomic E-state index is 0.0103. The van der Waals surface area contributed by atoms with Crippen molar-refractivity contribution in [2.24, 2.45) is 5.92 Å². The molecule has 4 heterocycles. The molecule has 174 valence electrons. The lowest BCUT2D eigenvalue weighted by atomic mass is 10.1. The number of thiazole rings is 1. The molecule has 1 unspecified atom stereocenters. The first-order valence-corrected chi connectivity index (χ1v) is 11.9. The van der Waals surface area contributed by atoms with Crippen molar-refractivity contribution in [2.75, 3.05) is 23.3 Å². The number of anilines is 2. The van der Waals surface area contributed by atoms with Gasteiger partial charge in [-0.25, -0.2) is 9.97 Å². The van der Waals surface area contributed by atoms with Crippen LogP contribution in [-0.2, 0) is 22.6 Å². The number of benzene rings is 1. The Morgan fingerprint density at radius 3 is 2.79 bits per heavy atom. The molecule has 9 nitrogen and oxygen atoms in total. The highest BCUT2D eigenvalue weighted by Gasteiger charge is 2.38. The molecule has 2 aliphatic heterocycles. The van der Waals surface area contributed by atoms with Crippen LogP contribution >= 0.6 is 11.3 Å². The molecule has 0 aliphatic carbocycles. The quantitative estimate of drug-likeness (QED) is 0.620. The summed E-state index contributed by atoms with van der Waals surface area (Å²) in [6.07, 6.45) is 5.19. The second kappa shape index (κ2) is 8.94. The number of aromatic nitrogens is 3. The van der Waals surface area contributed by atoms with Crippen molar-refractivity contribution >= 4 is 39.9 Å². The molecule has 3 aromatic rings. The van der Waals surface area contributed by atoms with Crippen LogP contribution in [0.25, 0.3) is 0 Å². The van der Waals surface area contributed by atoms with E-state index in [1.54, 1.807) is 9.80 Å². The Kier molecular flexibility index (Phi) is 5.82. The van der Waals surface area contributed by atoms with E-state index in [1.165, 1.54) is 35.5 Å². The molecule has 5 rings (SSSR count). The fraction of sp³-hybridized carbons (Fsp3) is 0.333. The molecule has 1 aromatic carbocycles. The summed E-state index contributed by atoms with van der Waals surface area (Å²) in [5, 5.41) is 3.24. The van der Waals surface area contributed by atoms with Crippen LogP contribution in [0.4, 0.5) is 10.8 Å². The molecule has 0 bridgehead atoms. The molecule has 1 fully saturated rings. The zero-order valence-electron chi connectivity index (χ0n) is 18.9. The van der Waals surface area contributed by atoms with Gasteiger partial charge in [-0.15, -0.1) is 0 Å². The first-order chi connectivity index (χ1) is 16.4. The number of nitrogens with zero attached hydrogens (tertiary/aromatic N) is 5. The summed E-state index contributed by atoms with van der Waals surface area (Å²) in [4.78, 5) is 55.2. The number of hydrogen-bond donors (Lipinski definition) is 1. The van der Waals surface area contributed by atoms with Crippen LogP contribution in [0.2, 0.25) is 0 Å². The van der Waals surface area contributed by atoms with Gasteiger partial charge in [-0.1, -0.05) is 17.4 Å². The largest absolute Gasteiger partial charge is 0.337 e. The second-order valence-electron chi connectivity index (χ2n) is 8.62. The Labute approximate surface area is 200 Å². The van der Waals surface area contributed by atoms with Gasteiger partial charge >= 0.3 is 0 Å². The number of fused-ring (bicyclic) bond motifs is 1. The summed E-state index contributed by atoms with van der Waals surface area (Å²) in [6.45, 7) is 5.43. The van der Waals surface area contributed by atoms with Crippen molar-refractivity contribution in [3.05, 3.63) is 64.2 Å². The van der Waals surface area contributed by atoms with E-state index in [2.05, 4.69) is 20.3 Å². The minimum atomic E-state index is -0.372. The van der Waals surface area contributed by atoms with Crippen LogP contribution in [0, 0.1) is 19.8 Å². The van der Waals surface area contributed by atoms with E-state index < -0.39 is 0 Å². The zero-order valence-corrected chi connectivity index (χ0v) is 19.8. The summed E-state index contributed by atoms with van der Waals surface area (Å²) < 4.78 is 0. The van der Waals surface area contributed by atoms with E-state index in [0.717, 1.165) is 21.8 Å². The third-order valence-corrected chi connectivity index (χ3v) is 7.33. The first-order valence-electron chi connectivity index (χ1n) is 11.1. The molecule has 34 heavy (non-hydrogen) atoms. The maximum Gasteiger partial charge on any atom is 0.277 e. The Morgan fingerprint density at radius 1 is 1.18 bits per heavy atom. The van der Waals surface area contributed by atoms with Gasteiger partial charge in [-0.05, 0) is 37.1 Å². The van der Waals surface area contributed by atoms with Gasteiger partial charge in [0, 0.05) is 48.9 Å². The predicted octanol–water partition coefficient (Wildman–Crippen LogP) is 2.74. The van der Waals surface area contributed by atoms with E-state index in [0.29, 0.717) is 31.2 Å². The molecule has 2 aromatic heterocycles. The number of carbonyl (C=O) groups is 3. The average Bonchev–Trinajstić information content (AvgIpc) is 3.43. The van der Waals surface area contributed by atoms with E-state index in [1.807, 2.05) is 32.0 Å². The Hall–Kier alpha value is -3.66. The fourth-order valence-electron chi connectivity index (χ4n) is 4.29.